The fourth-order valence-corrected chi connectivity index (χ4v) is 8.31. The van der Waals surface area contributed by atoms with Crippen molar-refractivity contribution in [2.45, 2.75) is 25.7 Å². The van der Waals surface area contributed by atoms with Gasteiger partial charge in [-0.25, -0.2) is 8.42 Å². The van der Waals surface area contributed by atoms with Crippen molar-refractivity contribution in [2.24, 2.45) is 0 Å². The molecule has 1 aromatic heterocycles. The number of nitrogens with zero attached hydrogens (tertiary/aromatic N) is 2. The molecule has 0 saturated carbocycles. The summed E-state index contributed by atoms with van der Waals surface area (Å²) in [6.07, 6.45) is -0.551. The highest BCUT2D eigenvalue weighted by atomic mass is 35.5. The molecule has 4 rings (SSSR count). The van der Waals surface area contributed by atoms with Crippen molar-refractivity contribution < 1.29 is 26.6 Å². The number of rotatable bonds is 10. The van der Waals surface area contributed by atoms with Crippen LogP contribution in [0.5, 0.6) is 0 Å². The first-order valence-electron chi connectivity index (χ1n) is 11.4. The van der Waals surface area contributed by atoms with Crippen LogP contribution in [0.25, 0.3) is 22.0 Å². The molecule has 196 valence electrons. The van der Waals surface area contributed by atoms with Gasteiger partial charge in [0.1, 0.15) is 17.7 Å². The molecule has 0 saturated heterocycles. The summed E-state index contributed by atoms with van der Waals surface area (Å²) in [6, 6.07) is 16.5. The predicted octanol–water partition coefficient (Wildman–Crippen LogP) is 7.53. The van der Waals surface area contributed by atoms with Gasteiger partial charge in [-0.2, -0.15) is 0 Å². The summed E-state index contributed by atoms with van der Waals surface area (Å²) in [7, 11) is -8.17. The topological polar surface area (TPSA) is 98.9 Å². The van der Waals surface area contributed by atoms with E-state index in [9.17, 15) is 13.0 Å². The summed E-state index contributed by atoms with van der Waals surface area (Å²) in [6.45, 7) is 5.27. The number of sulfonamides is 1. The lowest BCUT2D eigenvalue weighted by atomic mass is 10.0. The standard InChI is InChI=1S/C25H25Cl2N2O6PS/c1-4-33-36(30,34-5-2)16-29(37(31,32)22-14-20(26)13-21(27)15-22)25-8-6-7-18-12-19(9-10-23(18)25)24-11-17(3)35-28-24/h6-15H,4-5,16H2,1-3H3. The maximum Gasteiger partial charge on any atom is 0.350 e. The second-order valence-corrected chi connectivity index (χ2v) is 12.8. The number of fused-ring (bicyclic) bond motifs is 1. The van der Waals surface area contributed by atoms with Gasteiger partial charge in [-0.15, -0.1) is 0 Å². The summed E-state index contributed by atoms with van der Waals surface area (Å²) >= 11 is 12.3. The smallest absolute Gasteiger partial charge is 0.350 e. The van der Waals surface area contributed by atoms with Crippen LogP contribution in [0.2, 0.25) is 10.0 Å². The Morgan fingerprint density at radius 1 is 0.973 bits per heavy atom. The van der Waals surface area contributed by atoms with Gasteiger partial charge in [0.2, 0.25) is 0 Å². The number of anilines is 1. The van der Waals surface area contributed by atoms with Gasteiger partial charge in [-0.3, -0.25) is 8.87 Å². The van der Waals surface area contributed by atoms with Crippen molar-refractivity contribution in [1.82, 2.24) is 5.16 Å². The minimum absolute atomic E-state index is 0.0736. The number of hydrogen-bond donors (Lipinski definition) is 0. The Kier molecular flexibility index (Phi) is 8.33. The molecular formula is C25H25Cl2N2O6PS. The molecular weight excluding hydrogens is 558 g/mol. The molecule has 0 N–H and O–H groups in total. The molecule has 0 atom stereocenters. The average Bonchev–Trinajstić information content (AvgIpc) is 3.28. The van der Waals surface area contributed by atoms with Crippen LogP contribution in [-0.2, 0) is 23.6 Å². The second kappa shape index (κ2) is 11.2. The number of hydrogen-bond acceptors (Lipinski definition) is 7. The third-order valence-electron chi connectivity index (χ3n) is 5.43. The lowest BCUT2D eigenvalue weighted by molar-refractivity contribution is 0.221. The highest BCUT2D eigenvalue weighted by molar-refractivity contribution is 7.93. The molecule has 0 spiro atoms. The average molecular weight is 583 g/mol. The lowest BCUT2D eigenvalue weighted by Crippen LogP contribution is -2.33. The molecule has 0 bridgehead atoms. The second-order valence-electron chi connectivity index (χ2n) is 8.08. The summed E-state index contributed by atoms with van der Waals surface area (Å²) in [5.41, 5.74) is 1.74. The van der Waals surface area contributed by atoms with E-state index in [2.05, 4.69) is 5.16 Å². The lowest BCUT2D eigenvalue weighted by Gasteiger charge is -2.29. The van der Waals surface area contributed by atoms with Crippen molar-refractivity contribution in [1.29, 1.82) is 0 Å². The fraction of sp³-hybridized carbons (Fsp3) is 0.240. The van der Waals surface area contributed by atoms with E-state index in [1.807, 2.05) is 24.3 Å². The minimum Gasteiger partial charge on any atom is -0.361 e. The SMILES string of the molecule is CCOP(=O)(CN(c1cccc2cc(-c3cc(C)on3)ccc12)S(=O)(=O)c1cc(Cl)cc(Cl)c1)OCC. The molecule has 0 aliphatic heterocycles. The third-order valence-corrected chi connectivity index (χ3v) is 9.72. The Labute approximate surface area is 225 Å². The minimum atomic E-state index is -4.31. The number of benzene rings is 3. The van der Waals surface area contributed by atoms with E-state index in [4.69, 9.17) is 36.8 Å². The van der Waals surface area contributed by atoms with Crippen molar-refractivity contribution in [3.05, 3.63) is 76.5 Å². The molecule has 0 aliphatic rings. The highest BCUT2D eigenvalue weighted by Gasteiger charge is 2.36. The number of halogens is 2. The zero-order chi connectivity index (χ0) is 26.8. The molecule has 0 radical (unpaired) electrons. The molecule has 37 heavy (non-hydrogen) atoms. The largest absolute Gasteiger partial charge is 0.361 e. The summed E-state index contributed by atoms with van der Waals surface area (Å²) in [4.78, 5) is -0.156. The quantitative estimate of drug-likeness (QED) is 0.178. The van der Waals surface area contributed by atoms with Crippen molar-refractivity contribution >= 4 is 57.3 Å². The molecule has 1 heterocycles. The first-order valence-corrected chi connectivity index (χ1v) is 15.3. The molecule has 0 unspecified atom stereocenters. The molecule has 0 fully saturated rings. The van der Waals surface area contributed by atoms with Crippen LogP contribution in [0.4, 0.5) is 5.69 Å². The third kappa shape index (κ3) is 6.03. The van der Waals surface area contributed by atoms with Crippen LogP contribution in [0.1, 0.15) is 19.6 Å². The molecule has 4 aromatic rings. The van der Waals surface area contributed by atoms with E-state index in [1.165, 1.54) is 18.2 Å². The van der Waals surface area contributed by atoms with Gasteiger partial charge in [-0.1, -0.05) is 52.6 Å². The van der Waals surface area contributed by atoms with E-state index >= 15 is 0 Å². The maximum atomic E-state index is 14.0. The molecule has 3 aromatic carbocycles. The molecule has 0 aliphatic carbocycles. The van der Waals surface area contributed by atoms with E-state index in [0.717, 1.165) is 15.3 Å². The van der Waals surface area contributed by atoms with Crippen LogP contribution in [0.15, 0.2) is 70.1 Å². The Balaban J connectivity index is 1.91. The van der Waals surface area contributed by atoms with Crippen LogP contribution >= 0.6 is 30.8 Å². The first-order chi connectivity index (χ1) is 17.6. The normalized spacial score (nSPS) is 12.2. The van der Waals surface area contributed by atoms with Gasteiger partial charge in [0.25, 0.3) is 10.0 Å². The Hall–Kier alpha value is -2.39. The Bertz CT molecular complexity index is 1560. The van der Waals surface area contributed by atoms with Gasteiger partial charge in [0.05, 0.1) is 23.8 Å². The molecule has 8 nitrogen and oxygen atoms in total. The highest BCUT2D eigenvalue weighted by Crippen LogP contribution is 2.51. The Morgan fingerprint density at radius 2 is 1.65 bits per heavy atom. The number of aromatic nitrogens is 1. The van der Waals surface area contributed by atoms with E-state index in [0.29, 0.717) is 16.8 Å². The van der Waals surface area contributed by atoms with E-state index in [1.54, 1.807) is 39.0 Å². The van der Waals surface area contributed by atoms with Gasteiger partial charge < -0.3 is 13.6 Å². The first kappa shape index (κ1) is 27.6. The van der Waals surface area contributed by atoms with Crippen LogP contribution in [0, 0.1) is 6.92 Å². The summed E-state index contributed by atoms with van der Waals surface area (Å²) < 4.78 is 58.7. The zero-order valence-electron chi connectivity index (χ0n) is 20.4. The Morgan fingerprint density at radius 3 is 2.24 bits per heavy atom. The van der Waals surface area contributed by atoms with E-state index < -0.39 is 23.9 Å². The number of aryl methyl sites for hydroxylation is 1. The van der Waals surface area contributed by atoms with Crippen molar-refractivity contribution in [3.8, 4) is 11.3 Å². The van der Waals surface area contributed by atoms with E-state index in [-0.39, 0.29) is 33.8 Å². The summed E-state index contributed by atoms with van der Waals surface area (Å²) in [5, 5.41) is 5.69. The van der Waals surface area contributed by atoms with Crippen LogP contribution < -0.4 is 4.31 Å². The summed E-state index contributed by atoms with van der Waals surface area (Å²) in [5.74, 6) is 0.670. The predicted molar refractivity (Wildman–Crippen MR) is 146 cm³/mol. The van der Waals surface area contributed by atoms with Gasteiger partial charge in [-0.05, 0) is 56.5 Å². The molecule has 0 amide bonds. The fourth-order valence-electron chi connectivity index (χ4n) is 3.90. The van der Waals surface area contributed by atoms with Gasteiger partial charge in [0, 0.05) is 27.1 Å². The van der Waals surface area contributed by atoms with Gasteiger partial charge >= 0.3 is 7.60 Å². The monoisotopic (exact) mass is 582 g/mol. The maximum absolute atomic E-state index is 14.0. The van der Waals surface area contributed by atoms with Crippen LogP contribution in [-0.4, -0.2) is 33.1 Å². The van der Waals surface area contributed by atoms with Crippen molar-refractivity contribution in [2.75, 3.05) is 23.8 Å². The van der Waals surface area contributed by atoms with Gasteiger partial charge in [0.15, 0.2) is 0 Å². The van der Waals surface area contributed by atoms with Crippen molar-refractivity contribution in [3.63, 3.8) is 0 Å². The molecule has 12 heteroatoms. The van der Waals surface area contributed by atoms with Crippen LogP contribution in [0.3, 0.4) is 0 Å². The zero-order valence-corrected chi connectivity index (χ0v) is 23.6.